The van der Waals surface area contributed by atoms with Gasteiger partial charge in [-0.25, -0.2) is 9.97 Å². The highest BCUT2D eigenvalue weighted by Crippen LogP contribution is 2.46. The SMILES string of the molecule is CCCc1cc(NCC)nc(C2(C)CC2)n1. The van der Waals surface area contributed by atoms with Crippen LogP contribution in [0, 0.1) is 0 Å². The number of aromatic nitrogens is 2. The molecule has 1 heterocycles. The second-order valence-corrected chi connectivity index (χ2v) is 4.91. The van der Waals surface area contributed by atoms with Gasteiger partial charge < -0.3 is 5.32 Å². The van der Waals surface area contributed by atoms with Gasteiger partial charge in [0.05, 0.1) is 0 Å². The topological polar surface area (TPSA) is 37.8 Å². The number of aryl methyl sites for hydroxylation is 1. The van der Waals surface area contributed by atoms with E-state index in [9.17, 15) is 0 Å². The highest BCUT2D eigenvalue weighted by molar-refractivity contribution is 5.38. The minimum absolute atomic E-state index is 0.258. The predicted molar refractivity (Wildman–Crippen MR) is 66.8 cm³/mol. The predicted octanol–water partition coefficient (Wildman–Crippen LogP) is 2.91. The Kier molecular flexibility index (Phi) is 3.13. The van der Waals surface area contributed by atoms with Gasteiger partial charge in [-0.15, -0.1) is 0 Å². The molecule has 88 valence electrons. The summed E-state index contributed by atoms with van der Waals surface area (Å²) in [5.74, 6) is 2.03. The van der Waals surface area contributed by atoms with E-state index in [-0.39, 0.29) is 5.41 Å². The molecule has 0 aromatic carbocycles. The van der Waals surface area contributed by atoms with Crippen molar-refractivity contribution in [1.82, 2.24) is 9.97 Å². The van der Waals surface area contributed by atoms with Crippen LogP contribution in [-0.4, -0.2) is 16.5 Å². The molecule has 2 rings (SSSR count). The van der Waals surface area contributed by atoms with Gasteiger partial charge in [0.2, 0.25) is 0 Å². The number of nitrogens with zero attached hydrogens (tertiary/aromatic N) is 2. The van der Waals surface area contributed by atoms with Crippen LogP contribution in [0.15, 0.2) is 6.07 Å². The van der Waals surface area contributed by atoms with E-state index in [4.69, 9.17) is 0 Å². The monoisotopic (exact) mass is 219 g/mol. The van der Waals surface area contributed by atoms with Crippen LogP contribution >= 0.6 is 0 Å². The lowest BCUT2D eigenvalue weighted by atomic mass is 10.1. The molecule has 0 spiro atoms. The van der Waals surface area contributed by atoms with Crippen molar-refractivity contribution in [3.63, 3.8) is 0 Å². The van der Waals surface area contributed by atoms with Gasteiger partial charge in [0.25, 0.3) is 0 Å². The first-order valence-corrected chi connectivity index (χ1v) is 6.30. The molecule has 0 bridgehead atoms. The molecule has 0 atom stereocenters. The molecular weight excluding hydrogens is 198 g/mol. The second kappa shape index (κ2) is 4.40. The van der Waals surface area contributed by atoms with Gasteiger partial charge in [-0.05, 0) is 26.2 Å². The van der Waals surface area contributed by atoms with Crippen molar-refractivity contribution < 1.29 is 0 Å². The van der Waals surface area contributed by atoms with Crippen LogP contribution < -0.4 is 5.32 Å². The Bertz CT molecular complexity index is 345. The van der Waals surface area contributed by atoms with Crippen LogP contribution in [0.25, 0.3) is 0 Å². The third-order valence-electron chi connectivity index (χ3n) is 3.18. The van der Waals surface area contributed by atoms with Gasteiger partial charge in [-0.2, -0.15) is 0 Å². The second-order valence-electron chi connectivity index (χ2n) is 4.91. The van der Waals surface area contributed by atoms with Gasteiger partial charge in [-0.1, -0.05) is 20.3 Å². The average Bonchev–Trinajstić information content (AvgIpc) is 2.99. The Labute approximate surface area is 97.7 Å². The fraction of sp³-hybridized carbons (Fsp3) is 0.692. The smallest absolute Gasteiger partial charge is 0.136 e. The number of hydrogen-bond donors (Lipinski definition) is 1. The van der Waals surface area contributed by atoms with Crippen molar-refractivity contribution in [3.05, 3.63) is 17.6 Å². The molecule has 3 heteroatoms. The summed E-state index contributed by atoms with van der Waals surface area (Å²) in [4.78, 5) is 9.30. The first-order valence-electron chi connectivity index (χ1n) is 6.30. The fourth-order valence-corrected chi connectivity index (χ4v) is 1.83. The number of nitrogens with one attached hydrogen (secondary N) is 1. The summed E-state index contributed by atoms with van der Waals surface area (Å²) in [6.45, 7) is 7.46. The minimum atomic E-state index is 0.258. The molecule has 0 aliphatic heterocycles. The van der Waals surface area contributed by atoms with Crippen LogP contribution in [0.3, 0.4) is 0 Å². The zero-order chi connectivity index (χ0) is 11.6. The van der Waals surface area contributed by atoms with Crippen LogP contribution in [0.1, 0.15) is 51.6 Å². The number of hydrogen-bond acceptors (Lipinski definition) is 3. The van der Waals surface area contributed by atoms with Crippen molar-refractivity contribution in [1.29, 1.82) is 0 Å². The maximum atomic E-state index is 4.69. The van der Waals surface area contributed by atoms with Crippen molar-refractivity contribution >= 4 is 5.82 Å². The molecule has 1 aromatic rings. The average molecular weight is 219 g/mol. The summed E-state index contributed by atoms with van der Waals surface area (Å²) in [7, 11) is 0. The zero-order valence-electron chi connectivity index (χ0n) is 10.5. The summed E-state index contributed by atoms with van der Waals surface area (Å²) in [6.07, 6.45) is 4.64. The molecule has 0 unspecified atom stereocenters. The standard InChI is InChI=1S/C13H21N3/c1-4-6-10-9-11(14-5-2)16-12(15-10)13(3)7-8-13/h9H,4-8H2,1-3H3,(H,14,15,16). The summed E-state index contributed by atoms with van der Waals surface area (Å²) in [5.41, 5.74) is 1.44. The van der Waals surface area contributed by atoms with Gasteiger partial charge in [-0.3, -0.25) is 0 Å². The highest BCUT2D eigenvalue weighted by atomic mass is 15.0. The summed E-state index contributed by atoms with van der Waals surface area (Å²) < 4.78 is 0. The van der Waals surface area contributed by atoms with E-state index >= 15 is 0 Å². The van der Waals surface area contributed by atoms with Crippen molar-refractivity contribution in [2.45, 2.75) is 51.9 Å². The maximum Gasteiger partial charge on any atom is 0.136 e. The molecule has 1 aliphatic carbocycles. The Morgan fingerprint density at radius 1 is 1.31 bits per heavy atom. The van der Waals surface area contributed by atoms with Crippen LogP contribution in [-0.2, 0) is 11.8 Å². The van der Waals surface area contributed by atoms with E-state index in [1.807, 2.05) is 0 Å². The summed E-state index contributed by atoms with van der Waals surface area (Å²) in [5, 5.41) is 3.30. The van der Waals surface area contributed by atoms with Gasteiger partial charge >= 0.3 is 0 Å². The Morgan fingerprint density at radius 2 is 2.06 bits per heavy atom. The van der Waals surface area contributed by atoms with E-state index < -0.39 is 0 Å². The Morgan fingerprint density at radius 3 is 2.62 bits per heavy atom. The molecule has 0 saturated heterocycles. The van der Waals surface area contributed by atoms with E-state index in [1.165, 1.54) is 18.5 Å². The minimum Gasteiger partial charge on any atom is -0.370 e. The summed E-state index contributed by atoms with van der Waals surface area (Å²) >= 11 is 0. The molecular formula is C13H21N3. The molecule has 16 heavy (non-hydrogen) atoms. The Hall–Kier alpha value is -1.12. The normalized spacial score (nSPS) is 17.2. The van der Waals surface area contributed by atoms with Gasteiger partial charge in [0, 0.05) is 23.7 Å². The van der Waals surface area contributed by atoms with E-state index in [2.05, 4.69) is 42.1 Å². The van der Waals surface area contributed by atoms with Crippen molar-refractivity contribution in [2.24, 2.45) is 0 Å². The highest BCUT2D eigenvalue weighted by Gasteiger charge is 2.42. The lowest BCUT2D eigenvalue weighted by Crippen LogP contribution is -2.12. The molecule has 1 aromatic heterocycles. The van der Waals surface area contributed by atoms with Crippen molar-refractivity contribution in [3.8, 4) is 0 Å². The fourth-order valence-electron chi connectivity index (χ4n) is 1.83. The third kappa shape index (κ3) is 2.34. The third-order valence-corrected chi connectivity index (χ3v) is 3.18. The van der Waals surface area contributed by atoms with Crippen LogP contribution in [0.2, 0.25) is 0 Å². The molecule has 1 N–H and O–H groups in total. The zero-order valence-corrected chi connectivity index (χ0v) is 10.5. The first-order chi connectivity index (χ1) is 7.68. The maximum absolute atomic E-state index is 4.69. The largest absolute Gasteiger partial charge is 0.370 e. The first kappa shape index (κ1) is 11.4. The van der Waals surface area contributed by atoms with Gasteiger partial charge in [0.1, 0.15) is 11.6 Å². The molecule has 0 amide bonds. The molecule has 1 aliphatic rings. The number of anilines is 1. The lowest BCUT2D eigenvalue weighted by Gasteiger charge is -2.12. The molecule has 1 fully saturated rings. The van der Waals surface area contributed by atoms with Crippen molar-refractivity contribution in [2.75, 3.05) is 11.9 Å². The quantitative estimate of drug-likeness (QED) is 0.827. The molecule has 0 radical (unpaired) electrons. The lowest BCUT2D eigenvalue weighted by molar-refractivity contribution is 0.694. The summed E-state index contributed by atoms with van der Waals surface area (Å²) in [6, 6.07) is 2.09. The van der Waals surface area contributed by atoms with E-state index in [1.54, 1.807) is 0 Å². The van der Waals surface area contributed by atoms with Crippen LogP contribution in [0.5, 0.6) is 0 Å². The van der Waals surface area contributed by atoms with E-state index in [0.717, 1.165) is 31.0 Å². The Balaban J connectivity index is 2.29. The number of rotatable bonds is 5. The van der Waals surface area contributed by atoms with Crippen LogP contribution in [0.4, 0.5) is 5.82 Å². The molecule has 1 saturated carbocycles. The van der Waals surface area contributed by atoms with E-state index in [0.29, 0.717) is 0 Å². The molecule has 3 nitrogen and oxygen atoms in total. The van der Waals surface area contributed by atoms with Gasteiger partial charge in [0.15, 0.2) is 0 Å².